The molecule has 5 nitrogen and oxygen atoms in total. The number of rotatable bonds is 4. The molecule has 0 atom stereocenters. The molecule has 2 heterocycles. The summed E-state index contributed by atoms with van der Waals surface area (Å²) in [5, 5.41) is -0.133. The largest absolute Gasteiger partial charge is 0.351 e. The highest BCUT2D eigenvalue weighted by atomic mass is 35.5. The Morgan fingerprint density at radius 2 is 2.00 bits per heavy atom. The number of anilines is 1. The Kier molecular flexibility index (Phi) is 4.66. The quantitative estimate of drug-likeness (QED) is 0.617. The number of aldehydes is 1. The minimum atomic E-state index is -0.561. The van der Waals surface area contributed by atoms with Gasteiger partial charge in [-0.25, -0.2) is 9.97 Å². The summed E-state index contributed by atoms with van der Waals surface area (Å²) in [5.74, 6) is 0.172. The summed E-state index contributed by atoms with van der Waals surface area (Å²) >= 11 is 5.73. The van der Waals surface area contributed by atoms with Gasteiger partial charge in [-0.05, 0) is 6.92 Å². The van der Waals surface area contributed by atoms with Crippen molar-refractivity contribution in [2.24, 2.45) is 0 Å². The lowest BCUT2D eigenvalue weighted by Crippen LogP contribution is -2.47. The van der Waals surface area contributed by atoms with Gasteiger partial charge in [0.25, 0.3) is 0 Å². The second-order valence-corrected chi connectivity index (χ2v) is 4.84. The second-order valence-electron chi connectivity index (χ2n) is 4.48. The highest BCUT2D eigenvalue weighted by molar-refractivity contribution is 6.29. The highest BCUT2D eigenvalue weighted by Gasteiger charge is 2.22. The van der Waals surface area contributed by atoms with E-state index in [2.05, 4.69) is 14.9 Å². The van der Waals surface area contributed by atoms with Gasteiger partial charge in [-0.1, -0.05) is 11.6 Å². The Balaban J connectivity index is 2.03. The van der Waals surface area contributed by atoms with Crippen molar-refractivity contribution < 1.29 is 9.18 Å². The van der Waals surface area contributed by atoms with Crippen LogP contribution in [0.15, 0.2) is 0 Å². The molecule has 1 aromatic rings. The first-order valence-corrected chi connectivity index (χ1v) is 6.60. The van der Waals surface area contributed by atoms with Crippen LogP contribution in [0.1, 0.15) is 12.2 Å². The number of carbonyl (C=O) groups excluding carboxylic acids is 1. The predicted octanol–water partition coefficient (Wildman–Crippen LogP) is 1.29. The van der Waals surface area contributed by atoms with Crippen LogP contribution in [0.25, 0.3) is 0 Å². The van der Waals surface area contributed by atoms with Gasteiger partial charge < -0.3 is 9.69 Å². The van der Waals surface area contributed by atoms with Crippen LogP contribution in [-0.4, -0.2) is 53.9 Å². The fourth-order valence-electron chi connectivity index (χ4n) is 2.14. The lowest BCUT2D eigenvalue weighted by molar-refractivity contribution is -0.108. The number of halogens is 2. The Labute approximate surface area is 116 Å². The van der Waals surface area contributed by atoms with E-state index in [0.29, 0.717) is 25.3 Å². The van der Waals surface area contributed by atoms with Crippen LogP contribution in [0.4, 0.5) is 10.2 Å². The Bertz CT molecular complexity index is 463. The van der Waals surface area contributed by atoms with Crippen molar-refractivity contribution in [2.75, 3.05) is 37.6 Å². The molecule has 19 heavy (non-hydrogen) atoms. The Morgan fingerprint density at radius 1 is 1.32 bits per heavy atom. The average molecular weight is 287 g/mol. The van der Waals surface area contributed by atoms with Crippen LogP contribution in [-0.2, 0) is 4.79 Å². The van der Waals surface area contributed by atoms with E-state index in [1.165, 1.54) is 0 Å². The molecular weight excluding hydrogens is 271 g/mol. The molecule has 0 radical (unpaired) electrons. The van der Waals surface area contributed by atoms with Crippen LogP contribution < -0.4 is 4.90 Å². The van der Waals surface area contributed by atoms with Crippen molar-refractivity contribution >= 4 is 23.7 Å². The van der Waals surface area contributed by atoms with E-state index in [-0.39, 0.29) is 11.0 Å². The van der Waals surface area contributed by atoms with Gasteiger partial charge in [0.2, 0.25) is 5.82 Å². The molecule has 1 aliphatic rings. The summed E-state index contributed by atoms with van der Waals surface area (Å²) in [6, 6.07) is 0. The smallest absolute Gasteiger partial charge is 0.202 e. The minimum Gasteiger partial charge on any atom is -0.351 e. The minimum absolute atomic E-state index is 0.133. The first-order valence-electron chi connectivity index (χ1n) is 6.22. The van der Waals surface area contributed by atoms with E-state index in [9.17, 15) is 9.18 Å². The topological polar surface area (TPSA) is 49.3 Å². The molecule has 1 aromatic heterocycles. The molecular formula is C12H16ClFN4O. The van der Waals surface area contributed by atoms with Crippen molar-refractivity contribution in [3.8, 4) is 0 Å². The van der Waals surface area contributed by atoms with Crippen molar-refractivity contribution in [1.29, 1.82) is 0 Å². The SMILES string of the molecule is Cc1nc(Cl)c(F)c(N2CCN(CCC=O)CC2)n1. The van der Waals surface area contributed by atoms with Crippen LogP contribution >= 0.6 is 11.6 Å². The molecule has 0 saturated carbocycles. The molecule has 0 aliphatic carbocycles. The summed E-state index contributed by atoms with van der Waals surface area (Å²) in [6.45, 7) is 5.35. The number of carbonyl (C=O) groups is 1. The number of piperazine rings is 1. The summed E-state index contributed by atoms with van der Waals surface area (Å²) < 4.78 is 13.9. The lowest BCUT2D eigenvalue weighted by Gasteiger charge is -2.35. The van der Waals surface area contributed by atoms with E-state index in [4.69, 9.17) is 11.6 Å². The molecule has 104 valence electrons. The van der Waals surface area contributed by atoms with Crippen molar-refractivity contribution in [3.63, 3.8) is 0 Å². The van der Waals surface area contributed by atoms with Gasteiger partial charge in [-0.15, -0.1) is 0 Å². The fourth-order valence-corrected chi connectivity index (χ4v) is 2.35. The highest BCUT2D eigenvalue weighted by Crippen LogP contribution is 2.23. The first kappa shape index (κ1) is 14.1. The van der Waals surface area contributed by atoms with E-state index in [1.54, 1.807) is 6.92 Å². The van der Waals surface area contributed by atoms with Crippen LogP contribution in [0.2, 0.25) is 5.15 Å². The lowest BCUT2D eigenvalue weighted by atomic mass is 10.3. The van der Waals surface area contributed by atoms with E-state index >= 15 is 0 Å². The number of hydrogen-bond donors (Lipinski definition) is 0. The third-order valence-electron chi connectivity index (χ3n) is 3.14. The molecule has 1 fully saturated rings. The van der Waals surface area contributed by atoms with Crippen molar-refractivity contribution in [2.45, 2.75) is 13.3 Å². The molecule has 1 saturated heterocycles. The van der Waals surface area contributed by atoms with Crippen molar-refractivity contribution in [3.05, 3.63) is 16.8 Å². The molecule has 0 N–H and O–H groups in total. The number of nitrogens with zero attached hydrogens (tertiary/aromatic N) is 4. The Hall–Kier alpha value is -1.27. The molecule has 0 aromatic carbocycles. The number of hydrogen-bond acceptors (Lipinski definition) is 5. The molecule has 0 unspecified atom stereocenters. The standard InChI is InChI=1S/C12H16ClFN4O/c1-9-15-11(13)10(14)12(16-9)18-6-4-17(5-7-18)3-2-8-19/h8H,2-7H2,1H3. The number of aryl methyl sites for hydroxylation is 1. The second kappa shape index (κ2) is 6.25. The van der Waals surface area contributed by atoms with Crippen LogP contribution in [0, 0.1) is 12.7 Å². The maximum Gasteiger partial charge on any atom is 0.202 e. The van der Waals surface area contributed by atoms with Gasteiger partial charge in [-0.2, -0.15) is 4.39 Å². The average Bonchev–Trinajstić information content (AvgIpc) is 2.41. The normalized spacial score (nSPS) is 16.7. The van der Waals surface area contributed by atoms with Crippen LogP contribution in [0.5, 0.6) is 0 Å². The van der Waals surface area contributed by atoms with Crippen LogP contribution in [0.3, 0.4) is 0 Å². The molecule has 7 heteroatoms. The third kappa shape index (κ3) is 3.39. The van der Waals surface area contributed by atoms with Gasteiger partial charge in [0, 0.05) is 39.1 Å². The zero-order valence-corrected chi connectivity index (χ0v) is 11.5. The summed E-state index contributed by atoms with van der Waals surface area (Å²) in [7, 11) is 0. The zero-order chi connectivity index (χ0) is 13.8. The fraction of sp³-hybridized carbons (Fsp3) is 0.583. The summed E-state index contributed by atoms with van der Waals surface area (Å²) in [4.78, 5) is 22.3. The molecule has 0 spiro atoms. The maximum atomic E-state index is 13.9. The van der Waals surface area contributed by atoms with Crippen molar-refractivity contribution in [1.82, 2.24) is 14.9 Å². The van der Waals surface area contributed by atoms with Gasteiger partial charge >= 0.3 is 0 Å². The molecule has 2 rings (SSSR count). The zero-order valence-electron chi connectivity index (χ0n) is 10.8. The summed E-state index contributed by atoms with van der Waals surface area (Å²) in [6.07, 6.45) is 1.45. The number of aromatic nitrogens is 2. The predicted molar refractivity (Wildman–Crippen MR) is 71.1 cm³/mol. The van der Waals surface area contributed by atoms with E-state index in [1.807, 2.05) is 4.90 Å². The van der Waals surface area contributed by atoms with Gasteiger partial charge in [0.15, 0.2) is 11.0 Å². The maximum absolute atomic E-state index is 13.9. The summed E-state index contributed by atoms with van der Waals surface area (Å²) in [5.41, 5.74) is 0. The monoisotopic (exact) mass is 286 g/mol. The van der Waals surface area contributed by atoms with Gasteiger partial charge in [0.05, 0.1) is 0 Å². The Morgan fingerprint density at radius 3 is 2.63 bits per heavy atom. The third-order valence-corrected chi connectivity index (χ3v) is 3.39. The van der Waals surface area contributed by atoms with Gasteiger partial charge in [0.1, 0.15) is 12.1 Å². The first-order chi connectivity index (χ1) is 9.11. The molecule has 0 amide bonds. The van der Waals surface area contributed by atoms with Gasteiger partial charge in [-0.3, -0.25) is 4.90 Å². The molecule has 1 aliphatic heterocycles. The van der Waals surface area contributed by atoms with E-state index < -0.39 is 5.82 Å². The molecule has 0 bridgehead atoms. The van der Waals surface area contributed by atoms with E-state index in [0.717, 1.165) is 25.9 Å².